The lowest BCUT2D eigenvalue weighted by Gasteiger charge is -2.30. The molecule has 0 spiro atoms. The van der Waals surface area contributed by atoms with Crippen molar-refractivity contribution >= 4 is 44.6 Å². The fourth-order valence-corrected chi connectivity index (χ4v) is 5.36. The molecule has 3 aromatic rings. The van der Waals surface area contributed by atoms with Crippen molar-refractivity contribution in [3.63, 3.8) is 0 Å². The van der Waals surface area contributed by atoms with Gasteiger partial charge in [-0.25, -0.2) is 0 Å². The van der Waals surface area contributed by atoms with Crippen LogP contribution in [0.1, 0.15) is 17.2 Å². The van der Waals surface area contributed by atoms with Crippen molar-refractivity contribution in [1.29, 1.82) is 0 Å². The summed E-state index contributed by atoms with van der Waals surface area (Å²) in [6.45, 7) is 0. The highest BCUT2D eigenvalue weighted by Gasteiger charge is 2.66. The quantitative estimate of drug-likeness (QED) is 0.361. The Kier molecular flexibility index (Phi) is 4.42. The van der Waals surface area contributed by atoms with Gasteiger partial charge in [-0.05, 0) is 29.8 Å². The number of fused-ring (bicyclic) bond motifs is 2. The Morgan fingerprint density at radius 2 is 1.90 bits per heavy atom. The number of aromatic amines is 1. The number of phenolic OH excluding ortho intramolecular Hbond substituents is 1. The average Bonchev–Trinajstić information content (AvgIpc) is 3.38. The van der Waals surface area contributed by atoms with E-state index >= 15 is 0 Å². The van der Waals surface area contributed by atoms with Crippen LogP contribution in [0.4, 0.5) is 0 Å². The maximum Gasteiger partial charge on any atom is 0.325 e. The number of H-pyrrole nitrogens is 1. The van der Waals surface area contributed by atoms with Gasteiger partial charge in [0.15, 0.2) is 0 Å². The van der Waals surface area contributed by atoms with Crippen LogP contribution in [0.5, 0.6) is 5.75 Å². The second-order valence-electron chi connectivity index (χ2n) is 7.99. The molecule has 4 unspecified atom stereocenters. The first-order valence-corrected chi connectivity index (χ1v) is 10.5. The number of amides is 2. The number of hydrogen-bond donors (Lipinski definition) is 5. The van der Waals surface area contributed by atoms with Gasteiger partial charge in [-0.2, -0.15) is 0 Å². The number of para-hydroxylation sites is 1. The number of rotatable bonds is 4. The molecule has 2 amide bonds. The highest BCUT2D eigenvalue weighted by molar-refractivity contribution is 9.10. The largest absolute Gasteiger partial charge is 0.508 e. The summed E-state index contributed by atoms with van der Waals surface area (Å²) >= 11 is 3.35. The minimum Gasteiger partial charge on any atom is -0.508 e. The smallest absolute Gasteiger partial charge is 0.325 e. The van der Waals surface area contributed by atoms with Crippen molar-refractivity contribution in [2.75, 3.05) is 0 Å². The van der Waals surface area contributed by atoms with Crippen LogP contribution < -0.4 is 10.6 Å². The lowest BCUT2D eigenvalue weighted by molar-refractivity contribution is -0.149. The molecule has 8 nitrogen and oxygen atoms in total. The highest BCUT2D eigenvalue weighted by Crippen LogP contribution is 2.49. The standard InChI is InChI=1S/C22H18BrN3O5/c23-11-5-6-15(27)13(7-11)18-16-17(20(29)25-19(16)28)22(26-18,21(30)31)8-10-9-24-14-4-2-1-3-12(10)14/h1-7,9,16-18,24,26-27H,8H2,(H,30,31)(H,25,28,29). The number of carbonyl (C=O) groups excluding carboxylic acids is 2. The molecule has 158 valence electrons. The summed E-state index contributed by atoms with van der Waals surface area (Å²) in [4.78, 5) is 41.3. The molecule has 2 aliphatic rings. The summed E-state index contributed by atoms with van der Waals surface area (Å²) in [5.74, 6) is -4.58. The molecule has 2 saturated heterocycles. The van der Waals surface area contributed by atoms with Gasteiger partial charge in [0.05, 0.1) is 11.8 Å². The number of imide groups is 1. The predicted molar refractivity (Wildman–Crippen MR) is 114 cm³/mol. The van der Waals surface area contributed by atoms with Crippen molar-refractivity contribution in [2.45, 2.75) is 18.0 Å². The molecule has 2 aromatic carbocycles. The van der Waals surface area contributed by atoms with Gasteiger partial charge in [-0.3, -0.25) is 25.0 Å². The third-order valence-corrected chi connectivity index (χ3v) is 6.84. The van der Waals surface area contributed by atoms with Crippen molar-refractivity contribution in [3.05, 3.63) is 64.3 Å². The summed E-state index contributed by atoms with van der Waals surface area (Å²) in [5, 5.41) is 27.0. The molecular formula is C22H18BrN3O5. The van der Waals surface area contributed by atoms with Gasteiger partial charge in [-0.1, -0.05) is 34.1 Å². The molecule has 0 bridgehead atoms. The van der Waals surface area contributed by atoms with Gasteiger partial charge < -0.3 is 15.2 Å². The molecule has 0 aliphatic carbocycles. The van der Waals surface area contributed by atoms with E-state index in [-0.39, 0.29) is 12.2 Å². The fraction of sp³-hybridized carbons (Fsp3) is 0.227. The minimum atomic E-state index is -1.73. The monoisotopic (exact) mass is 483 g/mol. The van der Waals surface area contributed by atoms with Gasteiger partial charge in [0.1, 0.15) is 11.3 Å². The second-order valence-corrected chi connectivity index (χ2v) is 8.91. The number of carbonyl (C=O) groups is 3. The zero-order chi connectivity index (χ0) is 21.9. The topological polar surface area (TPSA) is 132 Å². The number of aromatic nitrogens is 1. The summed E-state index contributed by atoms with van der Waals surface area (Å²) in [7, 11) is 0. The highest BCUT2D eigenvalue weighted by atomic mass is 79.9. The molecule has 31 heavy (non-hydrogen) atoms. The van der Waals surface area contributed by atoms with Crippen LogP contribution in [-0.4, -0.2) is 38.5 Å². The molecule has 5 N–H and O–H groups in total. The number of carboxylic acids is 1. The van der Waals surface area contributed by atoms with Crippen LogP contribution in [0, 0.1) is 11.8 Å². The van der Waals surface area contributed by atoms with Crippen molar-refractivity contribution in [2.24, 2.45) is 11.8 Å². The minimum absolute atomic E-state index is 0.0144. The molecule has 1 aromatic heterocycles. The van der Waals surface area contributed by atoms with Crippen molar-refractivity contribution in [1.82, 2.24) is 15.6 Å². The number of nitrogens with one attached hydrogen (secondary N) is 3. The van der Waals surface area contributed by atoms with E-state index in [0.717, 1.165) is 16.5 Å². The van der Waals surface area contributed by atoms with Crippen molar-refractivity contribution in [3.8, 4) is 5.75 Å². The van der Waals surface area contributed by atoms with E-state index in [0.29, 0.717) is 10.0 Å². The summed E-state index contributed by atoms with van der Waals surface area (Å²) in [5.41, 5.74) is 0.193. The third-order valence-electron chi connectivity index (χ3n) is 6.34. The van der Waals surface area contributed by atoms with Crippen LogP contribution in [0.15, 0.2) is 53.1 Å². The zero-order valence-corrected chi connectivity index (χ0v) is 17.6. The van der Waals surface area contributed by atoms with E-state index in [2.05, 4.69) is 31.5 Å². The lowest BCUT2D eigenvalue weighted by Crippen LogP contribution is -2.57. The number of halogens is 1. The van der Waals surface area contributed by atoms with Crippen molar-refractivity contribution < 1.29 is 24.6 Å². The normalized spacial score (nSPS) is 27.5. The van der Waals surface area contributed by atoms with E-state index < -0.39 is 41.2 Å². The van der Waals surface area contributed by atoms with E-state index in [4.69, 9.17) is 0 Å². The van der Waals surface area contributed by atoms with Gasteiger partial charge in [-0.15, -0.1) is 0 Å². The van der Waals surface area contributed by atoms with E-state index in [1.807, 2.05) is 24.3 Å². The summed E-state index contributed by atoms with van der Waals surface area (Å²) in [6, 6.07) is 11.4. The molecule has 5 rings (SSSR count). The van der Waals surface area contributed by atoms with Gasteiger partial charge in [0.2, 0.25) is 11.8 Å². The van der Waals surface area contributed by atoms with E-state index in [1.165, 1.54) is 6.07 Å². The maximum atomic E-state index is 12.8. The third kappa shape index (κ3) is 2.88. The molecular weight excluding hydrogens is 466 g/mol. The molecule has 4 atom stereocenters. The molecule has 2 aliphatic heterocycles. The van der Waals surface area contributed by atoms with Crippen LogP contribution in [0.2, 0.25) is 0 Å². The first kappa shape index (κ1) is 19.8. The van der Waals surface area contributed by atoms with Crippen LogP contribution in [0.3, 0.4) is 0 Å². The summed E-state index contributed by atoms with van der Waals surface area (Å²) < 4.78 is 0.660. The van der Waals surface area contributed by atoms with Gasteiger partial charge in [0.25, 0.3) is 0 Å². The first-order valence-electron chi connectivity index (χ1n) is 9.71. The van der Waals surface area contributed by atoms with E-state index in [1.54, 1.807) is 18.3 Å². The number of benzene rings is 2. The number of aliphatic carboxylic acids is 1. The molecule has 2 fully saturated rings. The second kappa shape index (κ2) is 6.93. The number of hydrogen-bond acceptors (Lipinski definition) is 5. The SMILES string of the molecule is O=C1NC(=O)C2C1C(c1cc(Br)ccc1O)NC2(Cc1c[nH]c2ccccc12)C(=O)O. The van der Waals surface area contributed by atoms with Crippen LogP contribution in [0.25, 0.3) is 10.9 Å². The molecule has 9 heteroatoms. The Morgan fingerprint density at radius 3 is 2.68 bits per heavy atom. The molecule has 0 radical (unpaired) electrons. The summed E-state index contributed by atoms with van der Waals surface area (Å²) in [6.07, 6.45) is 1.71. The predicted octanol–water partition coefficient (Wildman–Crippen LogP) is 2.24. The average molecular weight is 484 g/mol. The number of carboxylic acid groups (broad SMARTS) is 1. The maximum absolute atomic E-state index is 12.8. The molecule has 3 heterocycles. The number of aromatic hydroxyl groups is 1. The Morgan fingerprint density at radius 1 is 1.13 bits per heavy atom. The lowest BCUT2D eigenvalue weighted by atomic mass is 9.76. The zero-order valence-electron chi connectivity index (χ0n) is 16.1. The van der Waals surface area contributed by atoms with E-state index in [9.17, 15) is 24.6 Å². The van der Waals surface area contributed by atoms with Gasteiger partial charge in [0, 0.05) is 39.6 Å². The Bertz CT molecular complexity index is 1250. The Labute approximate surface area is 184 Å². The molecule has 0 saturated carbocycles. The fourth-order valence-electron chi connectivity index (χ4n) is 4.98. The van der Waals surface area contributed by atoms with Crippen LogP contribution >= 0.6 is 15.9 Å². The Balaban J connectivity index is 1.66. The van der Waals surface area contributed by atoms with Gasteiger partial charge >= 0.3 is 5.97 Å². The number of phenols is 1. The van der Waals surface area contributed by atoms with Crippen LogP contribution in [-0.2, 0) is 20.8 Å². The first-order chi connectivity index (χ1) is 14.8. The Hall–Kier alpha value is -3.17.